The summed E-state index contributed by atoms with van der Waals surface area (Å²) in [4.78, 5) is 17.4. The quantitative estimate of drug-likeness (QED) is 0.395. The van der Waals surface area contributed by atoms with Gasteiger partial charge < -0.3 is 0 Å². The molecule has 0 bridgehead atoms. The summed E-state index contributed by atoms with van der Waals surface area (Å²) in [5.74, 6) is -0.335. The number of sulfonamides is 1. The van der Waals surface area contributed by atoms with E-state index in [1.165, 1.54) is 45.5 Å². The molecule has 0 fully saturated rings. The number of aryl methyl sites for hydroxylation is 1. The van der Waals surface area contributed by atoms with Gasteiger partial charge in [0.05, 0.1) is 16.3 Å². The van der Waals surface area contributed by atoms with Crippen molar-refractivity contribution >= 4 is 38.1 Å². The Hall–Kier alpha value is -3.49. The molecule has 0 saturated heterocycles. The summed E-state index contributed by atoms with van der Waals surface area (Å²) in [6.45, 7) is 2.52. The number of hydrogen-bond acceptors (Lipinski definition) is 5. The molecule has 3 aromatic carbocycles. The first-order chi connectivity index (χ1) is 16.5. The van der Waals surface area contributed by atoms with E-state index in [1.54, 1.807) is 0 Å². The van der Waals surface area contributed by atoms with Crippen molar-refractivity contribution in [3.63, 3.8) is 0 Å². The lowest BCUT2D eigenvalue weighted by Gasteiger charge is -2.19. The van der Waals surface area contributed by atoms with Crippen LogP contribution in [-0.2, 0) is 22.9 Å². The van der Waals surface area contributed by atoms with Crippen molar-refractivity contribution in [1.82, 2.24) is 4.98 Å². The normalized spacial score (nSPS) is 13.0. The highest BCUT2D eigenvalue weighted by Crippen LogP contribution is 2.32. The molecule has 172 valence electrons. The molecule has 1 amide bonds. The van der Waals surface area contributed by atoms with Crippen LogP contribution in [0.3, 0.4) is 0 Å². The number of para-hydroxylation sites is 1. The van der Waals surface area contributed by atoms with Crippen LogP contribution >= 0.6 is 11.3 Å². The Morgan fingerprint density at radius 2 is 1.76 bits per heavy atom. The minimum absolute atomic E-state index is 0.160. The first-order valence-corrected chi connectivity index (χ1v) is 13.3. The first-order valence-electron chi connectivity index (χ1n) is 11.0. The second-order valence-electron chi connectivity index (χ2n) is 8.02. The van der Waals surface area contributed by atoms with E-state index >= 15 is 0 Å². The van der Waals surface area contributed by atoms with Crippen LogP contribution in [0.4, 0.5) is 10.8 Å². The Bertz CT molecular complexity index is 1440. The van der Waals surface area contributed by atoms with Crippen LogP contribution in [-0.4, -0.2) is 25.9 Å². The third-order valence-electron chi connectivity index (χ3n) is 5.93. The summed E-state index contributed by atoms with van der Waals surface area (Å²) in [5.41, 5.74) is 5.15. The molecule has 1 aliphatic heterocycles. The van der Waals surface area contributed by atoms with Crippen LogP contribution in [0.1, 0.15) is 28.4 Å². The number of carbonyl (C=O) groups is 1. The number of carbonyl (C=O) groups excluding carboxylic acids is 1. The van der Waals surface area contributed by atoms with Crippen molar-refractivity contribution in [3.05, 3.63) is 94.9 Å². The molecule has 6 nitrogen and oxygen atoms in total. The maximum absolute atomic E-state index is 13.2. The molecule has 5 rings (SSSR count). The number of fused-ring (bicyclic) bond motifs is 1. The van der Waals surface area contributed by atoms with Crippen molar-refractivity contribution < 1.29 is 13.2 Å². The number of nitrogens with zero attached hydrogens (tertiary/aromatic N) is 2. The van der Waals surface area contributed by atoms with Gasteiger partial charge in [-0.15, -0.1) is 11.3 Å². The van der Waals surface area contributed by atoms with E-state index in [0.717, 1.165) is 23.2 Å². The van der Waals surface area contributed by atoms with Crippen LogP contribution < -0.4 is 9.62 Å². The molecular weight excluding hydrogens is 466 g/mol. The molecule has 2 heterocycles. The Morgan fingerprint density at radius 3 is 2.50 bits per heavy atom. The summed E-state index contributed by atoms with van der Waals surface area (Å²) in [6, 6.07) is 21.7. The minimum atomic E-state index is -3.69. The molecule has 0 saturated carbocycles. The van der Waals surface area contributed by atoms with Gasteiger partial charge in [-0.2, -0.15) is 0 Å². The maximum Gasteiger partial charge on any atom is 0.264 e. The molecule has 0 aliphatic carbocycles. The Labute approximate surface area is 203 Å². The average molecular weight is 490 g/mol. The van der Waals surface area contributed by atoms with Gasteiger partial charge in [0.2, 0.25) is 0 Å². The number of benzene rings is 3. The van der Waals surface area contributed by atoms with Crippen LogP contribution in [0.25, 0.3) is 11.3 Å². The van der Waals surface area contributed by atoms with Crippen LogP contribution in [0.5, 0.6) is 0 Å². The average Bonchev–Trinajstić information content (AvgIpc) is 3.52. The van der Waals surface area contributed by atoms with Crippen LogP contribution in [0.15, 0.2) is 83.1 Å². The van der Waals surface area contributed by atoms with Gasteiger partial charge in [0.25, 0.3) is 15.9 Å². The lowest BCUT2D eigenvalue weighted by molar-refractivity contribution is 0.102. The van der Waals surface area contributed by atoms with Gasteiger partial charge in [-0.3, -0.25) is 14.4 Å². The standard InChI is InChI=1S/C26H23N3O3S2/c1-2-18-7-9-19(10-8-18)23-17-33-26(27-23)28-25(30)21-11-13-22(14-12-21)34(31,32)29-16-15-20-5-3-4-6-24(20)29/h3-14,17H,2,15-16H2,1H3,(H,27,28,30). The number of aromatic nitrogens is 1. The highest BCUT2D eigenvalue weighted by atomic mass is 32.2. The van der Waals surface area contributed by atoms with E-state index < -0.39 is 10.0 Å². The molecule has 0 unspecified atom stereocenters. The van der Waals surface area contributed by atoms with Crippen molar-refractivity contribution in [1.29, 1.82) is 0 Å². The van der Waals surface area contributed by atoms with Crippen molar-refractivity contribution in [2.45, 2.75) is 24.7 Å². The van der Waals surface area contributed by atoms with E-state index in [4.69, 9.17) is 0 Å². The second-order valence-corrected chi connectivity index (χ2v) is 10.7. The molecule has 8 heteroatoms. The number of nitrogens with one attached hydrogen (secondary N) is 1. The monoisotopic (exact) mass is 489 g/mol. The number of thiazole rings is 1. The summed E-state index contributed by atoms with van der Waals surface area (Å²) in [7, 11) is -3.69. The molecule has 4 aromatic rings. The lowest BCUT2D eigenvalue weighted by Crippen LogP contribution is -2.29. The van der Waals surface area contributed by atoms with E-state index in [9.17, 15) is 13.2 Å². The fourth-order valence-corrected chi connectivity index (χ4v) is 6.23. The fourth-order valence-electron chi connectivity index (χ4n) is 4.01. The fraction of sp³-hybridized carbons (Fsp3) is 0.154. The molecular formula is C26H23N3O3S2. The highest BCUT2D eigenvalue weighted by Gasteiger charge is 2.30. The lowest BCUT2D eigenvalue weighted by atomic mass is 10.1. The Morgan fingerprint density at radius 1 is 1.03 bits per heavy atom. The van der Waals surface area contributed by atoms with Gasteiger partial charge >= 0.3 is 0 Å². The van der Waals surface area contributed by atoms with Gasteiger partial charge in [0.1, 0.15) is 0 Å². The highest BCUT2D eigenvalue weighted by molar-refractivity contribution is 7.92. The number of amides is 1. The van der Waals surface area contributed by atoms with Crippen LogP contribution in [0.2, 0.25) is 0 Å². The number of anilines is 2. The largest absolute Gasteiger partial charge is 0.298 e. The SMILES string of the molecule is CCc1ccc(-c2csc(NC(=O)c3ccc(S(=O)(=O)N4CCc5ccccc54)cc3)n2)cc1. The Balaban J connectivity index is 1.29. The molecule has 1 aromatic heterocycles. The van der Waals surface area contributed by atoms with Gasteiger partial charge in [-0.05, 0) is 54.3 Å². The van der Waals surface area contributed by atoms with E-state index in [0.29, 0.717) is 29.3 Å². The summed E-state index contributed by atoms with van der Waals surface area (Å²) in [5, 5.41) is 5.20. The predicted octanol–water partition coefficient (Wildman–Crippen LogP) is 5.38. The third kappa shape index (κ3) is 4.22. The first kappa shape index (κ1) is 22.3. The number of hydrogen-bond donors (Lipinski definition) is 1. The predicted molar refractivity (Wildman–Crippen MR) is 136 cm³/mol. The van der Waals surface area contributed by atoms with Gasteiger partial charge in [0, 0.05) is 23.1 Å². The van der Waals surface area contributed by atoms with Crippen LogP contribution in [0, 0.1) is 0 Å². The van der Waals surface area contributed by atoms with Crippen molar-refractivity contribution in [2.24, 2.45) is 0 Å². The Kier molecular flexibility index (Phi) is 5.93. The molecule has 0 atom stereocenters. The van der Waals surface area contributed by atoms with E-state index in [1.807, 2.05) is 41.8 Å². The topological polar surface area (TPSA) is 79.4 Å². The zero-order valence-corrected chi connectivity index (χ0v) is 20.2. The zero-order valence-electron chi connectivity index (χ0n) is 18.6. The summed E-state index contributed by atoms with van der Waals surface area (Å²) in [6.07, 6.45) is 1.67. The molecule has 1 N–H and O–H groups in total. The van der Waals surface area contributed by atoms with Gasteiger partial charge in [-0.25, -0.2) is 13.4 Å². The third-order valence-corrected chi connectivity index (χ3v) is 8.52. The summed E-state index contributed by atoms with van der Waals surface area (Å²) >= 11 is 1.35. The smallest absolute Gasteiger partial charge is 0.264 e. The van der Waals surface area contributed by atoms with E-state index in [2.05, 4.69) is 29.4 Å². The molecule has 0 spiro atoms. The van der Waals surface area contributed by atoms with Gasteiger partial charge in [0.15, 0.2) is 5.13 Å². The zero-order chi connectivity index (χ0) is 23.7. The number of rotatable bonds is 6. The molecule has 34 heavy (non-hydrogen) atoms. The molecule has 1 aliphatic rings. The van der Waals surface area contributed by atoms with Crippen molar-refractivity contribution in [3.8, 4) is 11.3 Å². The second kappa shape index (κ2) is 9.04. The van der Waals surface area contributed by atoms with Crippen molar-refractivity contribution in [2.75, 3.05) is 16.2 Å². The summed E-state index contributed by atoms with van der Waals surface area (Å²) < 4.78 is 27.8. The maximum atomic E-state index is 13.2. The van der Waals surface area contributed by atoms with E-state index in [-0.39, 0.29) is 10.8 Å². The minimum Gasteiger partial charge on any atom is -0.298 e. The molecule has 0 radical (unpaired) electrons. The van der Waals surface area contributed by atoms with Gasteiger partial charge in [-0.1, -0.05) is 49.4 Å².